The topological polar surface area (TPSA) is 71.0 Å². The van der Waals surface area contributed by atoms with Crippen molar-refractivity contribution < 1.29 is 19.4 Å². The molecule has 0 aromatic carbocycles. The normalized spacial score (nSPS) is 31.6. The van der Waals surface area contributed by atoms with E-state index in [1.165, 1.54) is 6.08 Å². The van der Waals surface area contributed by atoms with Crippen LogP contribution >= 0.6 is 6.89 Å². The van der Waals surface area contributed by atoms with E-state index in [0.29, 0.717) is 12.4 Å². The summed E-state index contributed by atoms with van der Waals surface area (Å²) in [6.07, 6.45) is 6.87. The first-order valence-electron chi connectivity index (χ1n) is 7.82. The van der Waals surface area contributed by atoms with Crippen LogP contribution in [0.4, 0.5) is 0 Å². The molecule has 0 aliphatic carbocycles. The van der Waals surface area contributed by atoms with Gasteiger partial charge in [0.15, 0.2) is 6.23 Å². The van der Waals surface area contributed by atoms with E-state index in [1.54, 1.807) is 11.1 Å². The molecule has 2 aliphatic heterocycles. The van der Waals surface area contributed by atoms with Gasteiger partial charge in [0.05, 0.1) is 6.10 Å². The van der Waals surface area contributed by atoms with Crippen molar-refractivity contribution >= 4 is 19.1 Å². The maximum Gasteiger partial charge on any atom is 0.250 e. The summed E-state index contributed by atoms with van der Waals surface area (Å²) in [7, 11) is 0. The van der Waals surface area contributed by atoms with Gasteiger partial charge in [0, 0.05) is 18.9 Å². The van der Waals surface area contributed by atoms with Gasteiger partial charge in [-0.25, -0.2) is 0 Å². The Morgan fingerprint density at radius 1 is 1.52 bits per heavy atom. The smallest absolute Gasteiger partial charge is 0.250 e. The van der Waals surface area contributed by atoms with E-state index in [1.807, 2.05) is 6.92 Å². The van der Waals surface area contributed by atoms with E-state index in [2.05, 4.69) is 31.5 Å². The lowest BCUT2D eigenvalue weighted by molar-refractivity contribution is -0.119. The van der Waals surface area contributed by atoms with Crippen molar-refractivity contribution in [2.45, 2.75) is 37.9 Å². The van der Waals surface area contributed by atoms with Gasteiger partial charge < -0.3 is 24.8 Å². The first-order chi connectivity index (χ1) is 10.7. The highest BCUT2D eigenvalue weighted by Crippen LogP contribution is 2.39. The predicted molar refractivity (Wildman–Crippen MR) is 93.7 cm³/mol. The molecule has 6 nitrogen and oxygen atoms in total. The second-order valence-corrected chi connectivity index (χ2v) is 10.9. The number of nitrogens with zero attached hydrogens (tertiary/aromatic N) is 1. The molecular weight excluding hydrogens is 315 g/mol. The molecule has 2 aliphatic rings. The number of hydrogen-bond donors (Lipinski definition) is 2. The van der Waals surface area contributed by atoms with Crippen LogP contribution in [0.3, 0.4) is 0 Å². The second kappa shape index (κ2) is 7.22. The van der Waals surface area contributed by atoms with Crippen LogP contribution in [0.15, 0.2) is 24.7 Å². The van der Waals surface area contributed by atoms with E-state index >= 15 is 0 Å². The molecule has 2 N–H and O–H groups in total. The third kappa shape index (κ3) is 4.48. The minimum Gasteiger partial charge on any atom is -0.388 e. The lowest BCUT2D eigenvalue weighted by Crippen LogP contribution is -2.47. The summed E-state index contributed by atoms with van der Waals surface area (Å²) in [6, 6.07) is 0. The van der Waals surface area contributed by atoms with Crippen LogP contribution in [-0.2, 0) is 14.3 Å². The number of carbonyl (C=O) groups is 1. The summed E-state index contributed by atoms with van der Waals surface area (Å²) in [5.74, 6) is 0.197. The molecule has 0 aromatic rings. The van der Waals surface area contributed by atoms with Crippen molar-refractivity contribution in [3.63, 3.8) is 0 Å². The van der Waals surface area contributed by atoms with E-state index < -0.39 is 25.3 Å². The van der Waals surface area contributed by atoms with Crippen LogP contribution in [0.25, 0.3) is 0 Å². The fourth-order valence-electron chi connectivity index (χ4n) is 2.75. The molecule has 130 valence electrons. The lowest BCUT2D eigenvalue weighted by atomic mass is 10.1. The van der Waals surface area contributed by atoms with Crippen LogP contribution < -0.4 is 5.32 Å². The van der Waals surface area contributed by atoms with E-state index in [4.69, 9.17) is 9.47 Å². The van der Waals surface area contributed by atoms with Crippen LogP contribution in [-0.4, -0.2) is 72.9 Å². The molecule has 0 aromatic heterocycles. The standard InChI is InChI=1S/C16H27N2O4P/c1-6-21-15-14(20)12(8-10-23(3,4)5)22-16(15)18-9-7-13(19)17-11(18)2/h7,9,12,14-16,20H,2-3,6,8,10H2,1,4-5H3,(H,17,19)/t12-,14-,15-,16-/m1/s1. The highest BCUT2D eigenvalue weighted by Gasteiger charge is 2.47. The molecule has 1 fully saturated rings. The second-order valence-electron chi connectivity index (χ2n) is 6.58. The molecule has 0 unspecified atom stereocenters. The largest absolute Gasteiger partial charge is 0.388 e. The Morgan fingerprint density at radius 2 is 2.22 bits per heavy atom. The van der Waals surface area contributed by atoms with E-state index in [9.17, 15) is 9.90 Å². The molecule has 4 atom stereocenters. The summed E-state index contributed by atoms with van der Waals surface area (Å²) in [4.78, 5) is 13.1. The van der Waals surface area contributed by atoms with Crippen LogP contribution in [0, 0.1) is 0 Å². The van der Waals surface area contributed by atoms with Crippen LogP contribution in [0.5, 0.6) is 0 Å². The molecule has 0 radical (unpaired) electrons. The molecule has 2 rings (SSSR count). The molecular formula is C16H27N2O4P. The fourth-order valence-corrected chi connectivity index (χ4v) is 3.71. The number of ether oxygens (including phenoxy) is 2. The first kappa shape index (κ1) is 18.3. The third-order valence-corrected chi connectivity index (χ3v) is 5.40. The minimum absolute atomic E-state index is 0.224. The van der Waals surface area contributed by atoms with Crippen molar-refractivity contribution in [3.05, 3.63) is 24.7 Å². The van der Waals surface area contributed by atoms with Crippen molar-refractivity contribution in [1.29, 1.82) is 0 Å². The van der Waals surface area contributed by atoms with Gasteiger partial charge in [0.1, 0.15) is 18.0 Å². The quantitative estimate of drug-likeness (QED) is 0.705. The Morgan fingerprint density at radius 3 is 2.78 bits per heavy atom. The van der Waals surface area contributed by atoms with Gasteiger partial charge in [0.25, 0.3) is 5.91 Å². The molecule has 1 amide bonds. The van der Waals surface area contributed by atoms with Gasteiger partial charge in [-0.1, -0.05) is 6.58 Å². The number of carbonyl (C=O) groups excluding carboxylic acids is 1. The highest BCUT2D eigenvalue weighted by atomic mass is 31.2. The number of rotatable bonds is 6. The Labute approximate surface area is 138 Å². The number of nitrogens with one attached hydrogen (secondary N) is 1. The van der Waals surface area contributed by atoms with Gasteiger partial charge >= 0.3 is 0 Å². The molecule has 0 saturated carbocycles. The van der Waals surface area contributed by atoms with Crippen molar-refractivity contribution in [1.82, 2.24) is 10.2 Å². The number of aliphatic hydroxyl groups is 1. The average Bonchev–Trinajstić information content (AvgIpc) is 2.74. The summed E-state index contributed by atoms with van der Waals surface area (Å²) < 4.78 is 11.8. The molecule has 0 spiro atoms. The number of aliphatic hydroxyl groups excluding tert-OH is 1. The van der Waals surface area contributed by atoms with Crippen molar-refractivity contribution in [2.75, 3.05) is 26.1 Å². The van der Waals surface area contributed by atoms with Crippen LogP contribution in [0.2, 0.25) is 0 Å². The third-order valence-electron chi connectivity index (χ3n) is 3.93. The number of amides is 1. The van der Waals surface area contributed by atoms with Gasteiger partial charge in [-0.3, -0.25) is 4.79 Å². The Hall–Kier alpha value is -1.07. The van der Waals surface area contributed by atoms with E-state index in [0.717, 1.165) is 12.6 Å². The van der Waals surface area contributed by atoms with Gasteiger partial charge in [-0.2, -0.15) is 0 Å². The molecule has 2 heterocycles. The Balaban J connectivity index is 2.14. The van der Waals surface area contributed by atoms with Gasteiger partial charge in [-0.05, 0) is 32.8 Å². The monoisotopic (exact) mass is 342 g/mol. The maximum absolute atomic E-state index is 11.4. The molecule has 7 heteroatoms. The Kier molecular flexibility index (Phi) is 5.74. The molecule has 0 bridgehead atoms. The SMILES string of the molecule is C=C1NC(=O)C=CN1[C@@H]1O[C@H](CCP(=C)(C)C)[C@@H](O)[C@H]1OCC. The average molecular weight is 342 g/mol. The zero-order valence-electron chi connectivity index (χ0n) is 14.1. The lowest BCUT2D eigenvalue weighted by Gasteiger charge is -2.34. The summed E-state index contributed by atoms with van der Waals surface area (Å²) in [5.41, 5.74) is 0. The summed E-state index contributed by atoms with van der Waals surface area (Å²) in [6.45, 7) is 9.33. The minimum atomic E-state index is -1.19. The summed E-state index contributed by atoms with van der Waals surface area (Å²) in [5, 5.41) is 13.2. The van der Waals surface area contributed by atoms with Gasteiger partial charge in [-0.15, -0.1) is 13.2 Å². The van der Waals surface area contributed by atoms with Crippen molar-refractivity contribution in [3.8, 4) is 0 Å². The first-order valence-corrected chi connectivity index (χ1v) is 10.9. The van der Waals surface area contributed by atoms with Crippen molar-refractivity contribution in [2.24, 2.45) is 0 Å². The highest BCUT2D eigenvalue weighted by molar-refractivity contribution is 7.72. The maximum atomic E-state index is 11.4. The van der Waals surface area contributed by atoms with Crippen LogP contribution in [0.1, 0.15) is 13.3 Å². The predicted octanol–water partition coefficient (Wildman–Crippen LogP) is 0.993. The molecule has 23 heavy (non-hydrogen) atoms. The summed E-state index contributed by atoms with van der Waals surface area (Å²) >= 11 is 0. The van der Waals surface area contributed by atoms with Gasteiger partial charge in [0.2, 0.25) is 0 Å². The van der Waals surface area contributed by atoms with E-state index in [-0.39, 0.29) is 12.0 Å². The number of hydrogen-bond acceptors (Lipinski definition) is 5. The Bertz CT molecular complexity index is 542. The zero-order chi connectivity index (χ0) is 17.2. The zero-order valence-corrected chi connectivity index (χ0v) is 15.0. The fraction of sp³-hybridized carbons (Fsp3) is 0.625. The molecule has 1 saturated heterocycles.